The van der Waals surface area contributed by atoms with E-state index in [0.717, 1.165) is 77.2 Å². The Hall–Kier alpha value is -2.77. The van der Waals surface area contributed by atoms with E-state index in [4.69, 9.17) is 4.74 Å². The molecule has 0 aromatic heterocycles. The number of ether oxygens (including phenoxy) is 1. The molecule has 0 atom stereocenters. The highest BCUT2D eigenvalue weighted by molar-refractivity contribution is 5.80. The van der Waals surface area contributed by atoms with Gasteiger partial charge in [-0.3, -0.25) is 9.89 Å². The number of nitrogens with one attached hydrogen (secondary N) is 1. The number of hydrogen-bond donors (Lipinski definition) is 2. The summed E-state index contributed by atoms with van der Waals surface area (Å²) in [5.74, 6) is 1.27. The summed E-state index contributed by atoms with van der Waals surface area (Å²) in [4.78, 5) is 11.4. The van der Waals surface area contributed by atoms with Crippen molar-refractivity contribution in [1.82, 2.24) is 15.1 Å². The molecule has 31 heavy (non-hydrogen) atoms. The van der Waals surface area contributed by atoms with Crippen molar-refractivity contribution in [3.8, 4) is 5.75 Å². The third-order valence-corrected chi connectivity index (χ3v) is 6.00. The molecule has 4 rings (SSSR count). The molecular weight excluding hydrogens is 390 g/mol. The smallest absolute Gasteiger partial charge is 0.194 e. The minimum atomic E-state index is 0.343. The van der Waals surface area contributed by atoms with Gasteiger partial charge >= 0.3 is 0 Å². The number of guanidine groups is 1. The maximum absolute atomic E-state index is 10.1. The van der Waals surface area contributed by atoms with Crippen molar-refractivity contribution < 1.29 is 9.84 Å². The van der Waals surface area contributed by atoms with Crippen molar-refractivity contribution in [1.29, 1.82) is 0 Å². The Morgan fingerprint density at radius 2 is 1.61 bits per heavy atom. The van der Waals surface area contributed by atoms with Gasteiger partial charge in [0.05, 0.1) is 18.9 Å². The lowest BCUT2D eigenvalue weighted by Gasteiger charge is -2.37. The van der Waals surface area contributed by atoms with Crippen molar-refractivity contribution in [2.45, 2.75) is 13.1 Å². The largest absolute Gasteiger partial charge is 0.506 e. The number of morpholine rings is 1. The molecule has 0 saturated carbocycles. The Labute approximate surface area is 184 Å². The van der Waals surface area contributed by atoms with Crippen LogP contribution in [0.1, 0.15) is 11.1 Å². The lowest BCUT2D eigenvalue weighted by Crippen LogP contribution is -2.52. The van der Waals surface area contributed by atoms with Gasteiger partial charge in [0.1, 0.15) is 5.75 Å². The summed E-state index contributed by atoms with van der Waals surface area (Å²) < 4.78 is 5.43. The second kappa shape index (κ2) is 10.5. The highest BCUT2D eigenvalue weighted by atomic mass is 16.5. The van der Waals surface area contributed by atoms with Crippen LogP contribution in [-0.2, 0) is 17.8 Å². The van der Waals surface area contributed by atoms with Crippen LogP contribution < -0.4 is 10.2 Å². The van der Waals surface area contributed by atoms with Crippen LogP contribution in [0.3, 0.4) is 0 Å². The molecule has 2 aliphatic rings. The normalized spacial score (nSPS) is 18.3. The minimum Gasteiger partial charge on any atom is -0.506 e. The van der Waals surface area contributed by atoms with E-state index in [0.29, 0.717) is 5.75 Å². The predicted molar refractivity (Wildman–Crippen MR) is 125 cm³/mol. The summed E-state index contributed by atoms with van der Waals surface area (Å²) in [6.45, 7) is 8.88. The number of aliphatic imine (C=N–C) groups is 1. The summed E-state index contributed by atoms with van der Waals surface area (Å²) in [5, 5.41) is 13.6. The van der Waals surface area contributed by atoms with Gasteiger partial charge in [-0.25, -0.2) is 0 Å². The second-order valence-corrected chi connectivity index (χ2v) is 8.07. The van der Waals surface area contributed by atoms with Gasteiger partial charge in [-0.2, -0.15) is 0 Å². The SMILES string of the molecule is CN=C(NCc1ccc(CN2CCOCC2)cc1)N1CCN(c2ccccc2O)CC1. The van der Waals surface area contributed by atoms with Gasteiger partial charge in [0.15, 0.2) is 5.96 Å². The first-order valence-electron chi connectivity index (χ1n) is 11.1. The fraction of sp³-hybridized carbons (Fsp3) is 0.458. The number of hydrogen-bond acceptors (Lipinski definition) is 5. The topological polar surface area (TPSA) is 63.6 Å². The molecule has 2 aliphatic heterocycles. The molecule has 2 fully saturated rings. The number of nitrogens with zero attached hydrogens (tertiary/aromatic N) is 4. The lowest BCUT2D eigenvalue weighted by atomic mass is 10.1. The molecule has 7 heteroatoms. The Morgan fingerprint density at radius 3 is 2.29 bits per heavy atom. The molecular formula is C24H33N5O2. The first-order valence-corrected chi connectivity index (χ1v) is 11.1. The summed E-state index contributed by atoms with van der Waals surface area (Å²) >= 11 is 0. The Bertz CT molecular complexity index is 857. The summed E-state index contributed by atoms with van der Waals surface area (Å²) in [6, 6.07) is 16.4. The van der Waals surface area contributed by atoms with Crippen LogP contribution in [-0.4, -0.2) is 80.4 Å². The molecule has 7 nitrogen and oxygen atoms in total. The van der Waals surface area contributed by atoms with Crippen LogP contribution in [0.15, 0.2) is 53.5 Å². The van der Waals surface area contributed by atoms with Crippen molar-refractivity contribution >= 4 is 11.6 Å². The average molecular weight is 424 g/mol. The Morgan fingerprint density at radius 1 is 0.935 bits per heavy atom. The maximum atomic E-state index is 10.1. The second-order valence-electron chi connectivity index (χ2n) is 8.07. The van der Waals surface area contributed by atoms with E-state index >= 15 is 0 Å². The number of piperazine rings is 1. The number of anilines is 1. The zero-order chi connectivity index (χ0) is 21.5. The Balaban J connectivity index is 1.25. The van der Waals surface area contributed by atoms with Gasteiger partial charge in [-0.1, -0.05) is 36.4 Å². The first kappa shape index (κ1) is 21.5. The monoisotopic (exact) mass is 423 g/mol. The highest BCUT2D eigenvalue weighted by Gasteiger charge is 2.21. The minimum absolute atomic E-state index is 0.343. The molecule has 0 bridgehead atoms. The summed E-state index contributed by atoms with van der Waals surface area (Å²) in [5.41, 5.74) is 3.50. The van der Waals surface area contributed by atoms with E-state index in [1.165, 1.54) is 11.1 Å². The van der Waals surface area contributed by atoms with Gasteiger partial charge in [0.2, 0.25) is 0 Å². The molecule has 2 heterocycles. The van der Waals surface area contributed by atoms with E-state index in [1.807, 2.05) is 25.2 Å². The summed E-state index contributed by atoms with van der Waals surface area (Å²) in [7, 11) is 1.84. The first-order chi connectivity index (χ1) is 15.2. The molecule has 0 amide bonds. The van der Waals surface area contributed by atoms with Crippen LogP contribution >= 0.6 is 0 Å². The quantitative estimate of drug-likeness (QED) is 0.568. The fourth-order valence-electron chi connectivity index (χ4n) is 4.18. The Kier molecular flexibility index (Phi) is 7.27. The van der Waals surface area contributed by atoms with Crippen LogP contribution in [0.4, 0.5) is 5.69 Å². The highest BCUT2D eigenvalue weighted by Crippen LogP contribution is 2.27. The van der Waals surface area contributed by atoms with Gasteiger partial charge in [0.25, 0.3) is 0 Å². The molecule has 0 spiro atoms. The number of aromatic hydroxyl groups is 1. The number of benzene rings is 2. The van der Waals surface area contributed by atoms with Crippen molar-refractivity contribution in [3.63, 3.8) is 0 Å². The van der Waals surface area contributed by atoms with E-state index < -0.39 is 0 Å². The van der Waals surface area contributed by atoms with Crippen molar-refractivity contribution in [2.75, 3.05) is 64.4 Å². The molecule has 0 aliphatic carbocycles. The third-order valence-electron chi connectivity index (χ3n) is 6.00. The zero-order valence-corrected chi connectivity index (χ0v) is 18.3. The van der Waals surface area contributed by atoms with Crippen LogP contribution in [0.5, 0.6) is 5.75 Å². The van der Waals surface area contributed by atoms with E-state index in [9.17, 15) is 5.11 Å². The van der Waals surface area contributed by atoms with Crippen LogP contribution in [0.25, 0.3) is 0 Å². The molecule has 166 valence electrons. The molecule has 0 unspecified atom stereocenters. The molecule has 0 radical (unpaired) electrons. The van der Waals surface area contributed by atoms with Crippen molar-refractivity contribution in [3.05, 3.63) is 59.7 Å². The van der Waals surface area contributed by atoms with Crippen molar-refractivity contribution in [2.24, 2.45) is 4.99 Å². The van der Waals surface area contributed by atoms with E-state index in [-0.39, 0.29) is 0 Å². The van der Waals surface area contributed by atoms with Gasteiger partial charge < -0.3 is 25.0 Å². The standard InChI is InChI=1S/C24H33N5O2/c1-25-24(29-12-10-28(11-13-29)22-4-2-3-5-23(22)30)26-18-20-6-8-21(9-7-20)19-27-14-16-31-17-15-27/h2-9,30H,10-19H2,1H3,(H,25,26). The van der Waals surface area contributed by atoms with Crippen LogP contribution in [0.2, 0.25) is 0 Å². The number of para-hydroxylation sites is 2. The van der Waals surface area contributed by atoms with Gasteiger partial charge in [0, 0.05) is 59.4 Å². The van der Waals surface area contributed by atoms with Crippen LogP contribution in [0, 0.1) is 0 Å². The number of phenolic OH excluding ortho intramolecular Hbond substituents is 1. The third kappa shape index (κ3) is 5.68. The molecule has 2 N–H and O–H groups in total. The van der Waals surface area contributed by atoms with E-state index in [2.05, 4.69) is 49.3 Å². The molecule has 2 aromatic rings. The maximum Gasteiger partial charge on any atom is 0.194 e. The van der Waals surface area contributed by atoms with E-state index in [1.54, 1.807) is 6.07 Å². The predicted octanol–water partition coefficient (Wildman–Crippen LogP) is 2.12. The van der Waals surface area contributed by atoms with Gasteiger partial charge in [-0.05, 0) is 23.3 Å². The zero-order valence-electron chi connectivity index (χ0n) is 18.3. The molecule has 2 aromatic carbocycles. The number of phenols is 1. The van der Waals surface area contributed by atoms with Gasteiger partial charge in [-0.15, -0.1) is 0 Å². The average Bonchev–Trinajstić information content (AvgIpc) is 2.82. The number of rotatable bonds is 5. The lowest BCUT2D eigenvalue weighted by molar-refractivity contribution is 0.0342. The molecule has 2 saturated heterocycles. The summed E-state index contributed by atoms with van der Waals surface area (Å²) in [6.07, 6.45) is 0. The fourth-order valence-corrected chi connectivity index (χ4v) is 4.18.